The lowest BCUT2D eigenvalue weighted by Gasteiger charge is -2.32. The minimum absolute atomic E-state index is 0.0385. The molecule has 0 saturated heterocycles. The van der Waals surface area contributed by atoms with Crippen LogP contribution in [0.2, 0.25) is 5.02 Å². The summed E-state index contributed by atoms with van der Waals surface area (Å²) in [5.74, 6) is -0.755. The van der Waals surface area contributed by atoms with Gasteiger partial charge in [-0.2, -0.15) is 4.31 Å². The first kappa shape index (κ1) is 26.8. The molecule has 9 heteroatoms. The van der Waals surface area contributed by atoms with Crippen LogP contribution in [0.5, 0.6) is 0 Å². The Labute approximate surface area is 201 Å². The molecule has 1 unspecified atom stereocenters. The van der Waals surface area contributed by atoms with Gasteiger partial charge in [0.05, 0.1) is 11.4 Å². The molecule has 0 aliphatic rings. The van der Waals surface area contributed by atoms with Crippen LogP contribution in [0.3, 0.4) is 0 Å². The smallest absolute Gasteiger partial charge is 0.243 e. The molecular weight excluding hydrogens is 462 g/mol. The Hall–Kier alpha value is -2.42. The van der Waals surface area contributed by atoms with Gasteiger partial charge >= 0.3 is 0 Å². The number of carbonyl (C=O) groups excluding carboxylic acids is 2. The number of hydrogen-bond acceptors (Lipinski definition) is 4. The lowest BCUT2D eigenvalue weighted by atomic mass is 10.1. The first-order valence-electron chi connectivity index (χ1n) is 10.7. The van der Waals surface area contributed by atoms with E-state index in [4.69, 9.17) is 11.6 Å². The van der Waals surface area contributed by atoms with E-state index in [9.17, 15) is 18.0 Å². The molecule has 2 amide bonds. The zero-order chi connectivity index (χ0) is 24.8. The SMILES string of the molecule is CC(C(=O)NC(C)(C)C)N(CCc1ccccc1)C(=O)CN(C)S(=O)(=O)c1ccc(Cl)cc1. The molecule has 7 nitrogen and oxygen atoms in total. The molecule has 0 radical (unpaired) electrons. The molecule has 1 N–H and O–H groups in total. The normalized spacial score (nSPS) is 12.9. The first-order valence-corrected chi connectivity index (χ1v) is 12.5. The van der Waals surface area contributed by atoms with Crippen LogP contribution >= 0.6 is 11.6 Å². The van der Waals surface area contributed by atoms with Crippen LogP contribution in [0, 0.1) is 0 Å². The van der Waals surface area contributed by atoms with Crippen LogP contribution in [0.15, 0.2) is 59.5 Å². The average molecular weight is 494 g/mol. The van der Waals surface area contributed by atoms with Crippen molar-refractivity contribution in [3.63, 3.8) is 0 Å². The summed E-state index contributed by atoms with van der Waals surface area (Å²) >= 11 is 5.86. The fourth-order valence-corrected chi connectivity index (χ4v) is 4.44. The van der Waals surface area contributed by atoms with Crippen molar-refractivity contribution in [2.45, 2.75) is 50.6 Å². The molecule has 0 aliphatic heterocycles. The predicted molar refractivity (Wildman–Crippen MR) is 130 cm³/mol. The van der Waals surface area contributed by atoms with Gasteiger partial charge in [0.2, 0.25) is 21.8 Å². The molecule has 2 aromatic rings. The Balaban J connectivity index is 2.22. The molecular formula is C24H32ClN3O4S. The maximum Gasteiger partial charge on any atom is 0.243 e. The van der Waals surface area contributed by atoms with Gasteiger partial charge in [-0.3, -0.25) is 9.59 Å². The van der Waals surface area contributed by atoms with Crippen molar-refractivity contribution in [3.8, 4) is 0 Å². The number of nitrogens with one attached hydrogen (secondary N) is 1. The van der Waals surface area contributed by atoms with Gasteiger partial charge in [-0.25, -0.2) is 8.42 Å². The van der Waals surface area contributed by atoms with Gasteiger partial charge in [-0.05, 0) is 63.9 Å². The summed E-state index contributed by atoms with van der Waals surface area (Å²) in [6.07, 6.45) is 0.535. The van der Waals surface area contributed by atoms with Crippen LogP contribution in [0.4, 0.5) is 0 Å². The van der Waals surface area contributed by atoms with Crippen LogP contribution < -0.4 is 5.32 Å². The summed E-state index contributed by atoms with van der Waals surface area (Å²) in [7, 11) is -2.56. The van der Waals surface area contributed by atoms with Crippen LogP contribution in [-0.4, -0.2) is 61.2 Å². The second-order valence-corrected chi connectivity index (χ2v) is 11.4. The van der Waals surface area contributed by atoms with Gasteiger partial charge < -0.3 is 10.2 Å². The largest absolute Gasteiger partial charge is 0.350 e. The first-order chi connectivity index (χ1) is 15.3. The maximum absolute atomic E-state index is 13.2. The summed E-state index contributed by atoms with van der Waals surface area (Å²) in [6, 6.07) is 14.6. The van der Waals surface area contributed by atoms with Crippen molar-refractivity contribution < 1.29 is 18.0 Å². The lowest BCUT2D eigenvalue weighted by Crippen LogP contribution is -2.54. The average Bonchev–Trinajstić information content (AvgIpc) is 2.73. The fourth-order valence-electron chi connectivity index (χ4n) is 3.20. The minimum atomic E-state index is -3.90. The highest BCUT2D eigenvalue weighted by atomic mass is 35.5. The number of nitrogens with zero attached hydrogens (tertiary/aromatic N) is 2. The second kappa shape index (κ2) is 11.1. The van der Waals surface area contributed by atoms with E-state index in [0.29, 0.717) is 11.4 Å². The molecule has 33 heavy (non-hydrogen) atoms. The highest BCUT2D eigenvalue weighted by Crippen LogP contribution is 2.18. The van der Waals surface area contributed by atoms with Crippen LogP contribution in [0.25, 0.3) is 0 Å². The fraction of sp³-hybridized carbons (Fsp3) is 0.417. The molecule has 0 heterocycles. The van der Waals surface area contributed by atoms with Crippen molar-refractivity contribution in [1.29, 1.82) is 0 Å². The molecule has 0 aliphatic carbocycles. The Kier molecular flexibility index (Phi) is 9.05. The van der Waals surface area contributed by atoms with Crippen molar-refractivity contribution in [2.75, 3.05) is 20.1 Å². The summed E-state index contributed by atoms with van der Waals surface area (Å²) < 4.78 is 26.8. The van der Waals surface area contributed by atoms with E-state index in [2.05, 4.69) is 5.32 Å². The number of benzene rings is 2. The maximum atomic E-state index is 13.2. The number of likely N-dealkylation sites (N-methyl/N-ethyl adjacent to an activating group) is 1. The molecule has 1 atom stereocenters. The lowest BCUT2D eigenvalue weighted by molar-refractivity contribution is -0.140. The molecule has 0 saturated carbocycles. The molecule has 2 rings (SSSR count). The van der Waals surface area contributed by atoms with Gasteiger partial charge in [0, 0.05) is 24.2 Å². The molecule has 0 aromatic heterocycles. The Morgan fingerprint density at radius 1 is 1.03 bits per heavy atom. The van der Waals surface area contributed by atoms with Crippen molar-refractivity contribution >= 4 is 33.4 Å². The van der Waals surface area contributed by atoms with E-state index in [1.165, 1.54) is 36.2 Å². The number of hydrogen-bond donors (Lipinski definition) is 1. The van der Waals surface area contributed by atoms with Gasteiger partial charge in [-0.15, -0.1) is 0 Å². The quantitative estimate of drug-likeness (QED) is 0.580. The highest BCUT2D eigenvalue weighted by Gasteiger charge is 2.31. The molecule has 0 bridgehead atoms. The van der Waals surface area contributed by atoms with E-state index >= 15 is 0 Å². The van der Waals surface area contributed by atoms with Crippen molar-refractivity contribution in [2.24, 2.45) is 0 Å². The Bertz CT molecular complexity index is 1050. The predicted octanol–water partition coefficient (Wildman–Crippen LogP) is 3.34. The molecule has 0 fully saturated rings. The third kappa shape index (κ3) is 7.84. The third-order valence-corrected chi connectivity index (χ3v) is 7.10. The standard InChI is InChI=1S/C24H32ClN3O4S/c1-18(23(30)26-24(2,3)4)28(16-15-19-9-7-6-8-10-19)22(29)17-27(5)33(31,32)21-13-11-20(25)12-14-21/h6-14,18H,15-17H2,1-5H3,(H,26,30). The summed E-state index contributed by atoms with van der Waals surface area (Å²) in [5, 5.41) is 3.31. The van der Waals surface area contributed by atoms with Crippen LogP contribution in [0.1, 0.15) is 33.3 Å². The molecule has 0 spiro atoms. The number of sulfonamides is 1. The second-order valence-electron chi connectivity index (χ2n) is 8.95. The zero-order valence-corrected chi connectivity index (χ0v) is 21.3. The van der Waals surface area contributed by atoms with E-state index in [1.807, 2.05) is 51.1 Å². The Morgan fingerprint density at radius 3 is 2.15 bits per heavy atom. The Morgan fingerprint density at radius 2 is 1.61 bits per heavy atom. The number of carbonyl (C=O) groups is 2. The topological polar surface area (TPSA) is 86.8 Å². The van der Waals surface area contributed by atoms with Gasteiger partial charge in [0.15, 0.2) is 0 Å². The van der Waals surface area contributed by atoms with E-state index < -0.39 is 34.1 Å². The van der Waals surface area contributed by atoms with E-state index in [-0.39, 0.29) is 17.3 Å². The van der Waals surface area contributed by atoms with Crippen molar-refractivity contribution in [1.82, 2.24) is 14.5 Å². The number of rotatable bonds is 9. The van der Waals surface area contributed by atoms with Gasteiger partial charge in [-0.1, -0.05) is 41.9 Å². The van der Waals surface area contributed by atoms with Gasteiger partial charge in [0.25, 0.3) is 0 Å². The molecule has 180 valence electrons. The monoisotopic (exact) mass is 493 g/mol. The summed E-state index contributed by atoms with van der Waals surface area (Å²) in [6.45, 7) is 7.11. The zero-order valence-electron chi connectivity index (χ0n) is 19.7. The minimum Gasteiger partial charge on any atom is -0.350 e. The van der Waals surface area contributed by atoms with E-state index in [1.54, 1.807) is 6.92 Å². The number of amides is 2. The van der Waals surface area contributed by atoms with Crippen molar-refractivity contribution in [3.05, 3.63) is 65.2 Å². The van der Waals surface area contributed by atoms with Crippen LogP contribution in [-0.2, 0) is 26.0 Å². The van der Waals surface area contributed by atoms with Gasteiger partial charge in [0.1, 0.15) is 6.04 Å². The summed E-state index contributed by atoms with van der Waals surface area (Å²) in [5.41, 5.74) is 0.551. The number of halogens is 1. The van der Waals surface area contributed by atoms with E-state index in [0.717, 1.165) is 9.87 Å². The molecule has 2 aromatic carbocycles. The summed E-state index contributed by atoms with van der Waals surface area (Å²) in [4.78, 5) is 27.5. The highest BCUT2D eigenvalue weighted by molar-refractivity contribution is 7.89. The third-order valence-electron chi connectivity index (χ3n) is 5.03.